The lowest BCUT2D eigenvalue weighted by atomic mass is 9.76. The van der Waals surface area contributed by atoms with Gasteiger partial charge in [-0.1, -0.05) is 43.3 Å². The molecule has 30 heavy (non-hydrogen) atoms. The van der Waals surface area contributed by atoms with E-state index in [-0.39, 0.29) is 0 Å². The van der Waals surface area contributed by atoms with Crippen molar-refractivity contribution in [3.05, 3.63) is 41.1 Å². The van der Waals surface area contributed by atoms with Crippen LogP contribution in [0.25, 0.3) is 23.0 Å². The fourth-order valence-corrected chi connectivity index (χ4v) is 4.13. The van der Waals surface area contributed by atoms with Crippen LogP contribution in [0.1, 0.15) is 56.9 Å². The van der Waals surface area contributed by atoms with E-state index in [0.29, 0.717) is 29.0 Å². The second-order valence-corrected chi connectivity index (χ2v) is 9.18. The third-order valence-corrected chi connectivity index (χ3v) is 6.10. The number of hydrogen-bond acceptors (Lipinski definition) is 5. The zero-order valence-corrected chi connectivity index (χ0v) is 17.9. The monoisotopic (exact) mass is 404 g/mol. The molecule has 2 aliphatic carbocycles. The summed E-state index contributed by atoms with van der Waals surface area (Å²) in [6.45, 7) is 7.60. The molecule has 7 heteroatoms. The number of amidine groups is 1. The molecule has 1 fully saturated rings. The van der Waals surface area contributed by atoms with Crippen molar-refractivity contribution in [2.75, 3.05) is 0 Å². The van der Waals surface area contributed by atoms with E-state index in [4.69, 9.17) is 15.4 Å². The average molecular weight is 405 g/mol. The van der Waals surface area contributed by atoms with Gasteiger partial charge in [0.05, 0.1) is 6.04 Å². The Hall–Kier alpha value is -2.96. The molecule has 0 atom stereocenters. The van der Waals surface area contributed by atoms with Gasteiger partial charge in [-0.05, 0) is 44.4 Å². The van der Waals surface area contributed by atoms with Crippen LogP contribution in [0.4, 0.5) is 0 Å². The Balaban J connectivity index is 1.43. The highest BCUT2D eigenvalue weighted by Gasteiger charge is 2.32. The minimum absolute atomic E-state index is 0.295. The van der Waals surface area contributed by atoms with Crippen molar-refractivity contribution >= 4 is 5.84 Å². The van der Waals surface area contributed by atoms with Gasteiger partial charge in [0.25, 0.3) is 5.89 Å². The van der Waals surface area contributed by atoms with E-state index < -0.39 is 0 Å². The third kappa shape index (κ3) is 3.53. The van der Waals surface area contributed by atoms with Gasteiger partial charge in [-0.15, -0.1) is 0 Å². The standard InChI is InChI=1S/C23H28N6O/c1-4-29-18-13-23(2,3)12-11-17(18)19(27-29)22-26-21(28-30-22)15-7-5-14(6-8-15)20(24)25-16-9-10-16/h5-8,16H,4,9-13H2,1-3H3,(H2,24,25). The summed E-state index contributed by atoms with van der Waals surface area (Å²) < 4.78 is 7.72. The Morgan fingerprint density at radius 3 is 2.73 bits per heavy atom. The molecule has 2 heterocycles. The van der Waals surface area contributed by atoms with Crippen molar-refractivity contribution in [1.82, 2.24) is 19.9 Å². The highest BCUT2D eigenvalue weighted by Crippen LogP contribution is 2.39. The predicted molar refractivity (Wildman–Crippen MR) is 116 cm³/mol. The van der Waals surface area contributed by atoms with Crippen LogP contribution in [-0.2, 0) is 19.4 Å². The van der Waals surface area contributed by atoms with E-state index in [0.717, 1.165) is 55.5 Å². The van der Waals surface area contributed by atoms with E-state index in [1.54, 1.807) is 0 Å². The van der Waals surface area contributed by atoms with E-state index in [1.165, 1.54) is 11.3 Å². The number of aromatic nitrogens is 4. The summed E-state index contributed by atoms with van der Waals surface area (Å²) in [5.74, 6) is 1.65. The molecule has 1 saturated carbocycles. The van der Waals surface area contributed by atoms with Crippen molar-refractivity contribution in [3.63, 3.8) is 0 Å². The van der Waals surface area contributed by atoms with Crippen molar-refractivity contribution in [3.8, 4) is 23.0 Å². The summed E-state index contributed by atoms with van der Waals surface area (Å²) in [6, 6.07) is 8.25. The molecule has 0 amide bonds. The summed E-state index contributed by atoms with van der Waals surface area (Å²) in [5.41, 5.74) is 11.6. The van der Waals surface area contributed by atoms with E-state index in [9.17, 15) is 0 Å². The molecular weight excluding hydrogens is 376 g/mol. The quantitative estimate of drug-likeness (QED) is 0.512. The molecular formula is C23H28N6O. The lowest BCUT2D eigenvalue weighted by Gasteiger charge is -2.30. The van der Waals surface area contributed by atoms with Crippen LogP contribution in [0, 0.1) is 5.41 Å². The molecule has 3 aromatic rings. The van der Waals surface area contributed by atoms with Crippen LogP contribution in [0.2, 0.25) is 0 Å². The van der Waals surface area contributed by atoms with Crippen molar-refractivity contribution in [2.24, 2.45) is 16.1 Å². The zero-order valence-electron chi connectivity index (χ0n) is 17.9. The summed E-state index contributed by atoms with van der Waals surface area (Å²) >= 11 is 0. The van der Waals surface area contributed by atoms with Crippen molar-refractivity contribution in [1.29, 1.82) is 0 Å². The number of nitrogens with two attached hydrogens (primary N) is 1. The molecule has 1 aromatic carbocycles. The molecule has 7 nitrogen and oxygen atoms in total. The maximum Gasteiger partial charge on any atom is 0.279 e. The smallest absolute Gasteiger partial charge is 0.279 e. The molecule has 0 unspecified atom stereocenters. The van der Waals surface area contributed by atoms with Gasteiger partial charge in [-0.25, -0.2) is 0 Å². The number of fused-ring (bicyclic) bond motifs is 1. The summed E-state index contributed by atoms with van der Waals surface area (Å²) in [5, 5.41) is 9.02. The first-order valence-electron chi connectivity index (χ1n) is 10.8. The average Bonchev–Trinajstić information content (AvgIpc) is 3.28. The van der Waals surface area contributed by atoms with Gasteiger partial charge in [0.2, 0.25) is 5.82 Å². The van der Waals surface area contributed by atoms with Gasteiger partial charge in [-0.3, -0.25) is 9.67 Å². The largest absolute Gasteiger partial charge is 0.383 e. The minimum Gasteiger partial charge on any atom is -0.383 e. The predicted octanol–water partition coefficient (Wildman–Crippen LogP) is 4.00. The number of aryl methyl sites for hydroxylation is 1. The maximum atomic E-state index is 6.09. The molecule has 0 spiro atoms. The number of nitrogens with zero attached hydrogens (tertiary/aromatic N) is 5. The lowest BCUT2D eigenvalue weighted by molar-refractivity contribution is 0.304. The highest BCUT2D eigenvalue weighted by atomic mass is 16.5. The van der Waals surface area contributed by atoms with E-state index >= 15 is 0 Å². The Morgan fingerprint density at radius 1 is 1.27 bits per heavy atom. The van der Waals surface area contributed by atoms with Crippen LogP contribution in [0.3, 0.4) is 0 Å². The van der Waals surface area contributed by atoms with E-state index in [1.807, 2.05) is 24.3 Å². The zero-order chi connectivity index (χ0) is 20.9. The van der Waals surface area contributed by atoms with Gasteiger partial charge in [0, 0.05) is 28.9 Å². The molecule has 2 aromatic heterocycles. The molecule has 0 saturated heterocycles. The lowest BCUT2D eigenvalue weighted by Crippen LogP contribution is -2.24. The molecule has 5 rings (SSSR count). The summed E-state index contributed by atoms with van der Waals surface area (Å²) in [6.07, 6.45) is 5.42. The second-order valence-electron chi connectivity index (χ2n) is 9.18. The first-order chi connectivity index (χ1) is 14.4. The van der Waals surface area contributed by atoms with Crippen LogP contribution in [0.15, 0.2) is 33.8 Å². The normalized spacial score (nSPS) is 18.4. The Kier molecular flexibility index (Phi) is 4.49. The van der Waals surface area contributed by atoms with Crippen molar-refractivity contribution in [2.45, 2.75) is 65.5 Å². The first-order valence-corrected chi connectivity index (χ1v) is 10.8. The molecule has 156 valence electrons. The van der Waals surface area contributed by atoms with Gasteiger partial charge < -0.3 is 10.3 Å². The number of rotatable bonds is 5. The Labute approximate surface area is 176 Å². The number of hydrogen-bond donors (Lipinski definition) is 1. The van der Waals surface area contributed by atoms with Gasteiger partial charge in [0.15, 0.2) is 5.69 Å². The minimum atomic E-state index is 0.295. The Morgan fingerprint density at radius 2 is 2.03 bits per heavy atom. The molecule has 0 bridgehead atoms. The topological polar surface area (TPSA) is 95.1 Å². The van der Waals surface area contributed by atoms with Crippen molar-refractivity contribution < 1.29 is 4.52 Å². The van der Waals surface area contributed by atoms with Gasteiger partial charge in [-0.2, -0.15) is 10.1 Å². The molecule has 0 aliphatic heterocycles. The van der Waals surface area contributed by atoms with Crippen LogP contribution in [0.5, 0.6) is 0 Å². The SMILES string of the molecule is CCn1nc(-c2nc(-c3ccc(C(N)=NC4CC4)cc3)no2)c2c1CC(C)(C)CC2. The fraction of sp³-hybridized carbons (Fsp3) is 0.478. The molecule has 2 N–H and O–H groups in total. The summed E-state index contributed by atoms with van der Waals surface area (Å²) in [7, 11) is 0. The Bertz CT molecular complexity index is 1100. The number of benzene rings is 1. The molecule has 0 radical (unpaired) electrons. The van der Waals surface area contributed by atoms with Crippen LogP contribution >= 0.6 is 0 Å². The van der Waals surface area contributed by atoms with Crippen LogP contribution in [-0.4, -0.2) is 31.8 Å². The van der Waals surface area contributed by atoms with Gasteiger partial charge in [0.1, 0.15) is 5.84 Å². The van der Waals surface area contributed by atoms with Crippen LogP contribution < -0.4 is 5.73 Å². The fourth-order valence-electron chi connectivity index (χ4n) is 4.13. The van der Waals surface area contributed by atoms with Gasteiger partial charge >= 0.3 is 0 Å². The highest BCUT2D eigenvalue weighted by molar-refractivity contribution is 5.98. The second kappa shape index (κ2) is 7.07. The van der Waals surface area contributed by atoms with E-state index in [2.05, 4.69) is 40.6 Å². The first kappa shape index (κ1) is 19.0. The number of aliphatic imine (C=N–C) groups is 1. The third-order valence-electron chi connectivity index (χ3n) is 6.10. The maximum absolute atomic E-state index is 6.09. The molecule has 2 aliphatic rings. The summed E-state index contributed by atoms with van der Waals surface area (Å²) in [4.78, 5) is 9.16.